The van der Waals surface area contributed by atoms with E-state index in [1.807, 2.05) is 24.2 Å². The molecule has 5 rings (SSSR count). The summed E-state index contributed by atoms with van der Waals surface area (Å²) in [5.74, 6) is -0.525. The normalized spacial score (nSPS) is 21.8. The second-order valence-corrected chi connectivity index (χ2v) is 7.52. The van der Waals surface area contributed by atoms with E-state index in [4.69, 9.17) is 4.99 Å². The highest BCUT2D eigenvalue weighted by atomic mass is 19.1. The van der Waals surface area contributed by atoms with Gasteiger partial charge in [-0.15, -0.1) is 0 Å². The molecule has 1 aromatic carbocycles. The number of piperazine rings is 1. The van der Waals surface area contributed by atoms with Crippen LogP contribution in [0.25, 0.3) is 11.4 Å². The van der Waals surface area contributed by atoms with Crippen LogP contribution in [0.2, 0.25) is 0 Å². The number of aryl methyl sites for hydroxylation is 1. The molecule has 1 aromatic heterocycles. The Hall–Kier alpha value is -3.01. The molecule has 1 atom stereocenters. The van der Waals surface area contributed by atoms with Crippen molar-refractivity contribution in [3.63, 3.8) is 0 Å². The van der Waals surface area contributed by atoms with Gasteiger partial charge in [-0.2, -0.15) is 20.2 Å². The van der Waals surface area contributed by atoms with E-state index >= 15 is 0 Å². The summed E-state index contributed by atoms with van der Waals surface area (Å²) in [7, 11) is 0. The fourth-order valence-corrected chi connectivity index (χ4v) is 4.05. The molecule has 30 heavy (non-hydrogen) atoms. The van der Waals surface area contributed by atoms with Crippen molar-refractivity contribution >= 4 is 23.4 Å². The van der Waals surface area contributed by atoms with Crippen molar-refractivity contribution in [3.05, 3.63) is 65.0 Å². The fraction of sp³-hybridized carbons (Fsp3) is 0.286. The molecular formula is C21H22F2N7+. The van der Waals surface area contributed by atoms with E-state index in [9.17, 15) is 8.78 Å². The van der Waals surface area contributed by atoms with Crippen LogP contribution in [0.4, 0.5) is 8.78 Å². The van der Waals surface area contributed by atoms with Crippen molar-refractivity contribution in [2.75, 3.05) is 32.8 Å². The fourth-order valence-electron chi connectivity index (χ4n) is 4.05. The maximum Gasteiger partial charge on any atom is 0.254 e. The van der Waals surface area contributed by atoms with Crippen LogP contribution >= 0.6 is 0 Å². The van der Waals surface area contributed by atoms with Crippen LogP contribution in [0.3, 0.4) is 0 Å². The summed E-state index contributed by atoms with van der Waals surface area (Å²) in [6.45, 7) is 6.01. The van der Waals surface area contributed by atoms with Crippen molar-refractivity contribution < 1.29 is 13.7 Å². The van der Waals surface area contributed by atoms with E-state index in [0.29, 0.717) is 17.9 Å². The highest BCUT2D eigenvalue weighted by Crippen LogP contribution is 2.28. The van der Waals surface area contributed by atoms with E-state index in [1.165, 1.54) is 12.1 Å². The number of quaternary nitrogens is 1. The predicted molar refractivity (Wildman–Crippen MR) is 110 cm³/mol. The lowest BCUT2D eigenvalue weighted by atomic mass is 10.0. The molecule has 2 N–H and O–H groups in total. The molecule has 9 heteroatoms. The number of nitrogens with one attached hydrogen (secondary N) is 2. The molecule has 4 heterocycles. The average molecular weight is 410 g/mol. The molecule has 0 bridgehead atoms. The zero-order valence-electron chi connectivity index (χ0n) is 16.6. The SMILES string of the molecule is Cc1cc(C2=C(c3cc(F)cc(F)c3)N=C3C=NN(N4CCNCC4)C[NH+]32)ccn1. The standard InChI is InChI=1S/C21H21F2N7/c1-14-8-15(2-3-25-14)21-20(16-9-17(22)11-18(23)10-16)27-19-12-26-30(13-29(19)21)28-6-4-24-5-7-28/h2-3,8-12,24H,4-7,13H2,1H3/p+1. The summed E-state index contributed by atoms with van der Waals surface area (Å²) in [5.41, 5.74) is 3.62. The first kappa shape index (κ1) is 19.0. The van der Waals surface area contributed by atoms with Crippen molar-refractivity contribution in [1.29, 1.82) is 0 Å². The van der Waals surface area contributed by atoms with Gasteiger partial charge in [-0.05, 0) is 31.2 Å². The summed E-state index contributed by atoms with van der Waals surface area (Å²) in [6.07, 6.45) is 3.47. The number of aliphatic imine (C=N–C) groups is 1. The number of rotatable bonds is 3. The van der Waals surface area contributed by atoms with Gasteiger partial charge in [-0.1, -0.05) is 0 Å². The van der Waals surface area contributed by atoms with Crippen molar-refractivity contribution in [2.24, 2.45) is 10.1 Å². The smallest absolute Gasteiger partial charge is 0.254 e. The number of nitrogens with zero attached hydrogens (tertiary/aromatic N) is 5. The Morgan fingerprint density at radius 3 is 2.53 bits per heavy atom. The molecular weight excluding hydrogens is 388 g/mol. The Morgan fingerprint density at radius 1 is 1.03 bits per heavy atom. The molecule has 3 aliphatic rings. The first-order chi connectivity index (χ1) is 14.6. The van der Waals surface area contributed by atoms with Gasteiger partial charge in [0.25, 0.3) is 5.84 Å². The monoisotopic (exact) mass is 410 g/mol. The third kappa shape index (κ3) is 3.51. The van der Waals surface area contributed by atoms with Crippen LogP contribution < -0.4 is 10.2 Å². The van der Waals surface area contributed by atoms with Gasteiger partial charge in [0.15, 0.2) is 12.4 Å². The molecule has 1 fully saturated rings. The number of hydrazine groups is 1. The van der Waals surface area contributed by atoms with E-state index in [2.05, 4.69) is 20.4 Å². The second-order valence-electron chi connectivity index (χ2n) is 7.52. The van der Waals surface area contributed by atoms with Crippen LogP contribution in [-0.2, 0) is 0 Å². The molecule has 0 spiro atoms. The number of aromatic nitrogens is 1. The Morgan fingerprint density at radius 2 is 1.80 bits per heavy atom. The highest BCUT2D eigenvalue weighted by Gasteiger charge is 2.39. The maximum absolute atomic E-state index is 14.0. The number of hydrazone groups is 1. The van der Waals surface area contributed by atoms with Gasteiger partial charge < -0.3 is 5.32 Å². The van der Waals surface area contributed by atoms with Crippen LogP contribution in [0, 0.1) is 18.6 Å². The summed E-state index contributed by atoms with van der Waals surface area (Å²) < 4.78 is 28.0. The molecule has 0 aliphatic carbocycles. The number of halogens is 2. The van der Waals surface area contributed by atoms with Crippen molar-refractivity contribution in [3.8, 4) is 0 Å². The lowest BCUT2D eigenvalue weighted by Crippen LogP contribution is -3.14. The number of fused-ring (bicyclic) bond motifs is 1. The van der Waals surface area contributed by atoms with Gasteiger partial charge >= 0.3 is 0 Å². The van der Waals surface area contributed by atoms with Gasteiger partial charge in [-0.25, -0.2) is 13.7 Å². The maximum atomic E-state index is 14.0. The molecule has 3 aliphatic heterocycles. The summed E-state index contributed by atoms with van der Waals surface area (Å²) in [5, 5.41) is 12.1. The van der Waals surface area contributed by atoms with Crippen LogP contribution in [0.5, 0.6) is 0 Å². The summed E-state index contributed by atoms with van der Waals surface area (Å²) in [6, 6.07) is 7.39. The Kier molecular flexibility index (Phi) is 4.86. The Balaban J connectivity index is 1.59. The Bertz CT molecular complexity index is 1050. The molecule has 1 unspecified atom stereocenters. The quantitative estimate of drug-likeness (QED) is 0.789. The van der Waals surface area contributed by atoms with E-state index in [-0.39, 0.29) is 0 Å². The van der Waals surface area contributed by atoms with Gasteiger partial charge in [0.2, 0.25) is 0 Å². The highest BCUT2D eigenvalue weighted by molar-refractivity contribution is 6.29. The molecule has 0 amide bonds. The third-order valence-corrected chi connectivity index (χ3v) is 5.43. The first-order valence-electron chi connectivity index (χ1n) is 9.94. The molecule has 0 saturated carbocycles. The van der Waals surface area contributed by atoms with E-state index in [0.717, 1.165) is 59.9 Å². The number of hydrogen-bond donors (Lipinski definition) is 2. The summed E-state index contributed by atoms with van der Waals surface area (Å²) in [4.78, 5) is 10.0. The summed E-state index contributed by atoms with van der Waals surface area (Å²) >= 11 is 0. The van der Waals surface area contributed by atoms with E-state index in [1.54, 1.807) is 12.4 Å². The zero-order chi connectivity index (χ0) is 20.7. The average Bonchev–Trinajstić information content (AvgIpc) is 3.12. The van der Waals surface area contributed by atoms with Crippen LogP contribution in [0.1, 0.15) is 16.8 Å². The number of amidine groups is 1. The third-order valence-electron chi connectivity index (χ3n) is 5.43. The van der Waals surface area contributed by atoms with Gasteiger partial charge in [-0.3, -0.25) is 4.98 Å². The lowest BCUT2D eigenvalue weighted by Gasteiger charge is -2.37. The molecule has 7 nitrogen and oxygen atoms in total. The molecule has 154 valence electrons. The number of benzene rings is 1. The Labute approximate surface area is 173 Å². The largest absolute Gasteiger partial charge is 0.314 e. The lowest BCUT2D eigenvalue weighted by molar-refractivity contribution is -0.741. The number of hydrogen-bond acceptors (Lipinski definition) is 6. The number of pyridine rings is 1. The van der Waals surface area contributed by atoms with Gasteiger partial charge in [0.1, 0.15) is 23.5 Å². The molecule has 2 aromatic rings. The van der Waals surface area contributed by atoms with Crippen LogP contribution in [0.15, 0.2) is 46.6 Å². The minimum atomic E-state index is -0.626. The first-order valence-corrected chi connectivity index (χ1v) is 9.94. The van der Waals surface area contributed by atoms with Crippen molar-refractivity contribution in [1.82, 2.24) is 20.4 Å². The predicted octanol–water partition coefficient (Wildman–Crippen LogP) is 0.870. The van der Waals surface area contributed by atoms with Gasteiger partial charge in [0.05, 0.1) is 0 Å². The van der Waals surface area contributed by atoms with Gasteiger partial charge in [0, 0.05) is 55.3 Å². The van der Waals surface area contributed by atoms with Crippen molar-refractivity contribution in [2.45, 2.75) is 6.92 Å². The van der Waals surface area contributed by atoms with Crippen LogP contribution in [-0.4, -0.2) is 60.0 Å². The minimum Gasteiger partial charge on any atom is -0.314 e. The minimum absolute atomic E-state index is 0.411. The molecule has 1 saturated heterocycles. The van der Waals surface area contributed by atoms with E-state index < -0.39 is 11.6 Å². The second kappa shape index (κ2) is 7.67. The topological polar surface area (TPSA) is 60.6 Å². The molecule has 0 radical (unpaired) electrons. The zero-order valence-corrected chi connectivity index (χ0v) is 16.6.